The number of benzene rings is 1. The third-order valence-corrected chi connectivity index (χ3v) is 5.92. The largest absolute Gasteiger partial charge is 0.480 e. The number of hydrogen-bond donors (Lipinski definition) is 4. The van der Waals surface area contributed by atoms with Crippen molar-refractivity contribution in [3.63, 3.8) is 0 Å². The number of carbonyl (C=O) groups excluding carboxylic acids is 1. The number of aromatic nitrogens is 1. The van der Waals surface area contributed by atoms with Crippen LogP contribution in [0.3, 0.4) is 0 Å². The highest BCUT2D eigenvalue weighted by Crippen LogP contribution is 2.37. The van der Waals surface area contributed by atoms with Crippen molar-refractivity contribution in [1.29, 1.82) is 0 Å². The third kappa shape index (κ3) is 5.26. The maximum atomic E-state index is 12.6. The fourth-order valence-electron chi connectivity index (χ4n) is 4.36. The molecule has 0 aliphatic heterocycles. The van der Waals surface area contributed by atoms with Crippen LogP contribution in [-0.4, -0.2) is 39.2 Å². The van der Waals surface area contributed by atoms with E-state index in [0.717, 1.165) is 35.7 Å². The van der Waals surface area contributed by atoms with Gasteiger partial charge in [-0.25, -0.2) is 4.79 Å². The van der Waals surface area contributed by atoms with Crippen LogP contribution < -0.4 is 5.32 Å². The van der Waals surface area contributed by atoms with Gasteiger partial charge in [-0.15, -0.1) is 0 Å². The molecule has 3 rings (SSSR count). The number of allylic oxidation sites excluding steroid dienone is 2. The van der Waals surface area contributed by atoms with Crippen molar-refractivity contribution in [1.82, 2.24) is 10.3 Å². The van der Waals surface area contributed by atoms with Crippen LogP contribution in [0.4, 0.5) is 0 Å². The SMILES string of the molecule is CC/C=C\C[C@H]1[C@@H](CC(=O)N[C@@H](Cc2c[nH]c3ccccc23)C(=O)O)CC[C@@H]1O. The van der Waals surface area contributed by atoms with Crippen molar-refractivity contribution in [2.45, 2.75) is 57.6 Å². The van der Waals surface area contributed by atoms with Gasteiger partial charge in [-0.2, -0.15) is 0 Å². The lowest BCUT2D eigenvalue weighted by molar-refractivity contribution is -0.142. The second-order valence-corrected chi connectivity index (χ2v) is 7.91. The van der Waals surface area contributed by atoms with E-state index in [1.165, 1.54) is 0 Å². The number of aliphatic carboxylic acids is 1. The summed E-state index contributed by atoms with van der Waals surface area (Å²) in [5.41, 5.74) is 1.81. The minimum atomic E-state index is -1.04. The van der Waals surface area contributed by atoms with Crippen molar-refractivity contribution in [3.8, 4) is 0 Å². The zero-order chi connectivity index (χ0) is 20.8. The summed E-state index contributed by atoms with van der Waals surface area (Å²) < 4.78 is 0. The number of nitrogens with one attached hydrogen (secondary N) is 2. The zero-order valence-electron chi connectivity index (χ0n) is 16.8. The summed E-state index contributed by atoms with van der Waals surface area (Å²) in [6, 6.07) is 6.72. The number of rotatable bonds is 9. The summed E-state index contributed by atoms with van der Waals surface area (Å²) in [5, 5.41) is 23.5. The predicted octanol–water partition coefficient (Wildman–Crippen LogP) is 3.41. The molecule has 0 radical (unpaired) electrons. The molecule has 1 heterocycles. The highest BCUT2D eigenvalue weighted by atomic mass is 16.4. The fourth-order valence-corrected chi connectivity index (χ4v) is 4.36. The van der Waals surface area contributed by atoms with Gasteiger partial charge in [0.15, 0.2) is 0 Å². The molecule has 1 aliphatic carbocycles. The van der Waals surface area contributed by atoms with Gasteiger partial charge >= 0.3 is 5.97 Å². The molecular formula is C23H30N2O4. The minimum Gasteiger partial charge on any atom is -0.480 e. The van der Waals surface area contributed by atoms with Crippen LogP contribution in [0.1, 0.15) is 44.6 Å². The fraction of sp³-hybridized carbons (Fsp3) is 0.478. The van der Waals surface area contributed by atoms with E-state index >= 15 is 0 Å². The quantitative estimate of drug-likeness (QED) is 0.486. The van der Waals surface area contributed by atoms with Crippen LogP contribution in [0.2, 0.25) is 0 Å². The maximum absolute atomic E-state index is 12.6. The molecule has 156 valence electrons. The first-order valence-corrected chi connectivity index (χ1v) is 10.4. The molecule has 29 heavy (non-hydrogen) atoms. The van der Waals surface area contributed by atoms with Gasteiger partial charge in [-0.05, 0) is 49.1 Å². The van der Waals surface area contributed by atoms with E-state index in [2.05, 4.69) is 29.4 Å². The Balaban J connectivity index is 1.62. The summed E-state index contributed by atoms with van der Waals surface area (Å²) in [7, 11) is 0. The normalized spacial score (nSPS) is 22.9. The van der Waals surface area contributed by atoms with E-state index in [1.54, 1.807) is 6.20 Å². The molecule has 4 atom stereocenters. The molecule has 1 aliphatic rings. The molecule has 1 aromatic heterocycles. The number of hydrogen-bond acceptors (Lipinski definition) is 3. The lowest BCUT2D eigenvalue weighted by Crippen LogP contribution is -2.43. The molecule has 0 unspecified atom stereocenters. The van der Waals surface area contributed by atoms with E-state index in [9.17, 15) is 19.8 Å². The molecule has 6 nitrogen and oxygen atoms in total. The molecule has 1 saturated carbocycles. The number of amides is 1. The lowest BCUT2D eigenvalue weighted by Gasteiger charge is -2.21. The number of carboxylic acid groups (broad SMARTS) is 1. The Bertz CT molecular complexity index is 873. The molecule has 1 fully saturated rings. The molecule has 1 aromatic carbocycles. The topological polar surface area (TPSA) is 102 Å². The number of aromatic amines is 1. The van der Waals surface area contributed by atoms with Gasteiger partial charge in [0.2, 0.25) is 5.91 Å². The predicted molar refractivity (Wildman–Crippen MR) is 112 cm³/mol. The average Bonchev–Trinajstić information content (AvgIpc) is 3.26. The van der Waals surface area contributed by atoms with Gasteiger partial charge in [-0.1, -0.05) is 37.3 Å². The lowest BCUT2D eigenvalue weighted by atomic mass is 9.88. The first-order valence-electron chi connectivity index (χ1n) is 10.4. The number of aliphatic hydroxyl groups is 1. The first kappa shape index (κ1) is 21.1. The van der Waals surface area contributed by atoms with E-state index in [0.29, 0.717) is 6.42 Å². The van der Waals surface area contributed by atoms with Gasteiger partial charge in [0.1, 0.15) is 6.04 Å². The van der Waals surface area contributed by atoms with Crippen molar-refractivity contribution < 1.29 is 19.8 Å². The van der Waals surface area contributed by atoms with Gasteiger partial charge in [0.05, 0.1) is 6.10 Å². The van der Waals surface area contributed by atoms with Crippen LogP contribution in [0, 0.1) is 11.8 Å². The summed E-state index contributed by atoms with van der Waals surface area (Å²) in [5.74, 6) is -1.17. The second kappa shape index (κ2) is 9.74. The Hall–Kier alpha value is -2.60. The van der Waals surface area contributed by atoms with Crippen LogP contribution in [0.15, 0.2) is 42.6 Å². The number of fused-ring (bicyclic) bond motifs is 1. The number of para-hydroxylation sites is 1. The average molecular weight is 399 g/mol. The molecular weight excluding hydrogens is 368 g/mol. The first-order chi connectivity index (χ1) is 14.0. The minimum absolute atomic E-state index is 0.0560. The van der Waals surface area contributed by atoms with Crippen molar-refractivity contribution in [2.24, 2.45) is 11.8 Å². The summed E-state index contributed by atoms with van der Waals surface area (Å²) in [4.78, 5) is 27.5. The highest BCUT2D eigenvalue weighted by molar-refractivity contribution is 5.86. The number of carbonyl (C=O) groups is 2. The van der Waals surface area contributed by atoms with Crippen LogP contribution >= 0.6 is 0 Å². The number of carboxylic acids is 1. The van der Waals surface area contributed by atoms with Crippen LogP contribution in [-0.2, 0) is 16.0 Å². The van der Waals surface area contributed by atoms with Crippen LogP contribution in [0.25, 0.3) is 10.9 Å². The summed E-state index contributed by atoms with van der Waals surface area (Å²) in [6.07, 6.45) is 9.21. The molecule has 4 N–H and O–H groups in total. The standard InChI is InChI=1S/C23H30N2O4/c1-2-3-4-8-18-15(10-11-21(18)26)13-22(27)25-20(23(28)29)12-16-14-24-19-9-6-5-7-17(16)19/h3-7,9,14-15,18,20-21,24,26H,2,8,10-13H2,1H3,(H,25,27)(H,28,29)/b4-3-/t15-,18+,20+,21+/m1/s1. The third-order valence-electron chi connectivity index (χ3n) is 5.92. The molecule has 0 bridgehead atoms. The van der Waals surface area contributed by atoms with E-state index in [-0.39, 0.29) is 30.6 Å². The van der Waals surface area contributed by atoms with Crippen molar-refractivity contribution in [3.05, 3.63) is 48.2 Å². The number of aliphatic hydroxyl groups excluding tert-OH is 1. The second-order valence-electron chi connectivity index (χ2n) is 7.91. The monoisotopic (exact) mass is 398 g/mol. The molecule has 1 amide bonds. The summed E-state index contributed by atoms with van der Waals surface area (Å²) in [6.45, 7) is 2.06. The molecule has 0 spiro atoms. The molecule has 0 saturated heterocycles. The molecule has 2 aromatic rings. The van der Waals surface area contributed by atoms with E-state index in [1.807, 2.05) is 24.3 Å². The van der Waals surface area contributed by atoms with E-state index in [4.69, 9.17) is 0 Å². The molecule has 6 heteroatoms. The Labute approximate surface area is 171 Å². The van der Waals surface area contributed by atoms with E-state index < -0.39 is 18.1 Å². The number of H-pyrrole nitrogens is 1. The zero-order valence-corrected chi connectivity index (χ0v) is 16.8. The maximum Gasteiger partial charge on any atom is 0.326 e. The van der Waals surface area contributed by atoms with Gasteiger partial charge in [0, 0.05) is 29.9 Å². The summed E-state index contributed by atoms with van der Waals surface area (Å²) >= 11 is 0. The van der Waals surface area contributed by atoms with Crippen molar-refractivity contribution in [2.75, 3.05) is 0 Å². The smallest absolute Gasteiger partial charge is 0.326 e. The Morgan fingerprint density at radius 1 is 1.28 bits per heavy atom. The van der Waals surface area contributed by atoms with Gasteiger partial charge in [0.25, 0.3) is 0 Å². The van der Waals surface area contributed by atoms with Gasteiger partial charge < -0.3 is 20.5 Å². The van der Waals surface area contributed by atoms with Crippen LogP contribution in [0.5, 0.6) is 0 Å². The Kier molecular flexibility index (Phi) is 7.09. The van der Waals surface area contributed by atoms with Crippen molar-refractivity contribution >= 4 is 22.8 Å². The van der Waals surface area contributed by atoms with Gasteiger partial charge in [-0.3, -0.25) is 4.79 Å². The highest BCUT2D eigenvalue weighted by Gasteiger charge is 2.35. The Morgan fingerprint density at radius 3 is 2.83 bits per heavy atom. The Morgan fingerprint density at radius 2 is 2.07 bits per heavy atom.